The predicted molar refractivity (Wildman–Crippen MR) is 31.1 cm³/mol. The largest absolute Gasteiger partial charge is 0 e. The lowest BCUT2D eigenvalue weighted by Gasteiger charge is -1.58. The van der Waals surface area contributed by atoms with Gasteiger partial charge >= 0.3 is 0 Å². The molecular formula is C8. The Kier molecular flexibility index (Phi) is 1.33. The van der Waals surface area contributed by atoms with Gasteiger partial charge in [-0.05, 0) is 0 Å². The van der Waals surface area contributed by atoms with Crippen LogP contribution >= 0.6 is 0 Å². The van der Waals surface area contributed by atoms with Gasteiger partial charge < -0.3 is 0 Å². The maximum absolute atomic E-state index is 2.50. The van der Waals surface area contributed by atoms with Gasteiger partial charge in [-0.3, -0.25) is 0 Å². The van der Waals surface area contributed by atoms with E-state index in [-0.39, 0.29) is 0 Å². The maximum atomic E-state index is 2.50. The van der Waals surface area contributed by atoms with Crippen LogP contribution in [-0.2, 0) is 0 Å². The summed E-state index contributed by atoms with van der Waals surface area (Å²) < 4.78 is 0. The van der Waals surface area contributed by atoms with Crippen LogP contribution in [0, 0.1) is 47.4 Å². The third-order valence-electron chi connectivity index (χ3n) is 0.500. The molecule has 0 atom stereocenters. The van der Waals surface area contributed by atoms with Crippen molar-refractivity contribution in [3.8, 4) is 47.4 Å². The molecule has 0 radical (unpaired) electrons. The predicted octanol–water partition coefficient (Wildman–Crippen LogP) is 0.0136. The Morgan fingerprint density at radius 3 is 0.500 bits per heavy atom. The van der Waals surface area contributed by atoms with Crippen LogP contribution in [-0.4, -0.2) is 0 Å². The average molecular weight is 96.1 g/mol. The molecule has 1 aliphatic carbocycles. The Balaban J connectivity index is 3.00. The van der Waals surface area contributed by atoms with Crippen LogP contribution in [0.3, 0.4) is 0 Å². The average Bonchev–Trinajstić information content (AvgIpc) is 1.62. The summed E-state index contributed by atoms with van der Waals surface area (Å²) in [6.07, 6.45) is 0. The zero-order chi connectivity index (χ0) is 5.66. The minimum atomic E-state index is 2.50. The molecule has 0 aliphatic heterocycles. The van der Waals surface area contributed by atoms with E-state index in [9.17, 15) is 0 Å². The molecule has 0 saturated heterocycles. The lowest BCUT2D eigenvalue weighted by molar-refractivity contribution is 2.31. The summed E-state index contributed by atoms with van der Waals surface area (Å²) in [5, 5.41) is 0. The van der Waals surface area contributed by atoms with Crippen LogP contribution in [0.4, 0.5) is 0 Å². The van der Waals surface area contributed by atoms with Gasteiger partial charge in [-0.2, -0.15) is 0 Å². The first-order chi connectivity index (χ1) is 4.00. The Bertz CT molecular complexity index is 219. The Morgan fingerprint density at radius 2 is 0.375 bits per heavy atom. The van der Waals surface area contributed by atoms with E-state index in [0.29, 0.717) is 0 Å². The highest BCUT2D eigenvalue weighted by Gasteiger charge is 1.58. The summed E-state index contributed by atoms with van der Waals surface area (Å²) in [7, 11) is 0. The Labute approximate surface area is 48.3 Å². The van der Waals surface area contributed by atoms with Gasteiger partial charge in [0, 0.05) is 47.4 Å². The fourth-order valence-corrected chi connectivity index (χ4v) is 0.250. The molecule has 0 aromatic rings. The second kappa shape index (κ2) is 2.42. The molecule has 0 spiro atoms. The molecule has 0 nitrogen and oxygen atoms in total. The van der Waals surface area contributed by atoms with E-state index in [4.69, 9.17) is 0 Å². The molecule has 0 saturated carbocycles. The summed E-state index contributed by atoms with van der Waals surface area (Å²) in [6.45, 7) is 0. The van der Waals surface area contributed by atoms with Crippen molar-refractivity contribution in [3.63, 3.8) is 0 Å². The molecule has 0 heteroatoms. The first-order valence-electron chi connectivity index (χ1n) is 2.00. The van der Waals surface area contributed by atoms with Gasteiger partial charge in [-0.1, -0.05) is 0 Å². The highest BCUT2D eigenvalue weighted by atomic mass is 13.6. The van der Waals surface area contributed by atoms with E-state index in [2.05, 4.69) is 47.4 Å². The summed E-state index contributed by atoms with van der Waals surface area (Å²) >= 11 is 0. The van der Waals surface area contributed by atoms with E-state index < -0.39 is 0 Å². The summed E-state index contributed by atoms with van der Waals surface area (Å²) in [5.41, 5.74) is 0. The molecule has 0 unspecified atom stereocenters. The molecule has 0 bridgehead atoms. The summed E-state index contributed by atoms with van der Waals surface area (Å²) in [5.74, 6) is 20.0. The topological polar surface area (TPSA) is 0 Å². The van der Waals surface area contributed by atoms with Crippen LogP contribution in [0.1, 0.15) is 0 Å². The first kappa shape index (κ1) is 4.40. The third-order valence-corrected chi connectivity index (χ3v) is 0.500. The summed E-state index contributed by atoms with van der Waals surface area (Å²) in [4.78, 5) is 0. The van der Waals surface area contributed by atoms with Crippen molar-refractivity contribution >= 4 is 0 Å². The molecule has 0 aromatic heterocycles. The number of rotatable bonds is 0. The third kappa shape index (κ3) is 1.14. The van der Waals surface area contributed by atoms with Gasteiger partial charge in [0.25, 0.3) is 0 Å². The van der Waals surface area contributed by atoms with Gasteiger partial charge in [0.1, 0.15) is 0 Å². The van der Waals surface area contributed by atoms with Crippen molar-refractivity contribution in [1.82, 2.24) is 0 Å². The molecule has 1 rings (SSSR count). The van der Waals surface area contributed by atoms with Crippen LogP contribution in [0.2, 0.25) is 0 Å². The van der Waals surface area contributed by atoms with E-state index in [0.717, 1.165) is 0 Å². The lowest BCUT2D eigenvalue weighted by atomic mass is 10.4. The van der Waals surface area contributed by atoms with Crippen molar-refractivity contribution in [1.29, 1.82) is 0 Å². The van der Waals surface area contributed by atoms with Crippen molar-refractivity contribution in [2.75, 3.05) is 0 Å². The first-order valence-corrected chi connectivity index (χ1v) is 2.00. The van der Waals surface area contributed by atoms with Crippen molar-refractivity contribution in [2.24, 2.45) is 0 Å². The van der Waals surface area contributed by atoms with Crippen LogP contribution < -0.4 is 0 Å². The smallest absolute Gasteiger partial charge is 0 e. The highest BCUT2D eigenvalue weighted by molar-refractivity contribution is 5.47. The van der Waals surface area contributed by atoms with Gasteiger partial charge in [0.2, 0.25) is 0 Å². The fourth-order valence-electron chi connectivity index (χ4n) is 0.250. The Morgan fingerprint density at radius 1 is 0.250 bits per heavy atom. The minimum absolute atomic E-state index is 2.50. The van der Waals surface area contributed by atoms with Crippen LogP contribution in [0.15, 0.2) is 0 Å². The van der Waals surface area contributed by atoms with Crippen LogP contribution in [0.25, 0.3) is 0 Å². The van der Waals surface area contributed by atoms with E-state index in [1.54, 1.807) is 0 Å². The minimum Gasteiger partial charge on any atom is 0 e. The zero-order valence-electron chi connectivity index (χ0n) is 4.00. The maximum Gasteiger partial charge on any atom is 0 e. The van der Waals surface area contributed by atoms with Crippen molar-refractivity contribution in [3.05, 3.63) is 0 Å². The van der Waals surface area contributed by atoms with Crippen LogP contribution in [0.5, 0.6) is 0 Å². The molecule has 0 fully saturated rings. The second-order valence-electron chi connectivity index (χ2n) is 1.00. The van der Waals surface area contributed by atoms with E-state index in [1.807, 2.05) is 0 Å². The standard InChI is InChI=1S/C8/c1-2-4-6-8-7-5-3-1. The van der Waals surface area contributed by atoms with Gasteiger partial charge in [0.15, 0.2) is 0 Å². The molecule has 8 heavy (non-hydrogen) atoms. The number of hydrogen-bond donors (Lipinski definition) is 0. The molecule has 0 aromatic carbocycles. The van der Waals surface area contributed by atoms with Gasteiger partial charge in [-0.15, -0.1) is 0 Å². The second-order valence-corrected chi connectivity index (χ2v) is 1.00. The van der Waals surface area contributed by atoms with Gasteiger partial charge in [0.05, 0.1) is 0 Å². The van der Waals surface area contributed by atoms with Crippen molar-refractivity contribution < 1.29 is 0 Å². The highest BCUT2D eigenvalue weighted by Crippen LogP contribution is 1.58. The molecular weight excluding hydrogens is 96.1 g/mol. The molecule has 0 amide bonds. The Hall–Kier alpha value is -1.76. The fraction of sp³-hybridized carbons (Fsp3) is 0. The van der Waals surface area contributed by atoms with E-state index >= 15 is 0 Å². The normalized spacial score (nSPS) is 8.00. The van der Waals surface area contributed by atoms with Crippen molar-refractivity contribution in [2.45, 2.75) is 0 Å². The number of hydrogen-bond acceptors (Lipinski definition) is 0. The molecule has 32 valence electrons. The van der Waals surface area contributed by atoms with Gasteiger partial charge in [-0.25, -0.2) is 0 Å². The quantitative estimate of drug-likeness (QED) is 0.373. The molecule has 1 aliphatic rings. The summed E-state index contributed by atoms with van der Waals surface area (Å²) in [6, 6.07) is 0. The monoisotopic (exact) mass is 96.0 g/mol. The molecule has 0 N–H and O–H groups in total. The lowest BCUT2D eigenvalue weighted by Crippen LogP contribution is -1.57. The SMILES string of the molecule is C1#CC#CC#CC#C1. The molecule has 0 heterocycles. The van der Waals surface area contributed by atoms with E-state index in [1.165, 1.54) is 0 Å². The zero-order valence-corrected chi connectivity index (χ0v) is 4.00.